The van der Waals surface area contributed by atoms with E-state index in [-0.39, 0.29) is 11.1 Å². The summed E-state index contributed by atoms with van der Waals surface area (Å²) in [5.41, 5.74) is 1.42. The molecule has 0 aliphatic heterocycles. The molecule has 0 saturated carbocycles. The first kappa shape index (κ1) is 19.6. The lowest BCUT2D eigenvalue weighted by Crippen LogP contribution is -2.25. The maximum atomic E-state index is 12.9. The molecule has 3 aromatic heterocycles. The van der Waals surface area contributed by atoms with Crippen LogP contribution in [-0.4, -0.2) is 32.7 Å². The van der Waals surface area contributed by atoms with Crippen LogP contribution < -0.4 is 11.1 Å². The highest BCUT2D eigenvalue weighted by molar-refractivity contribution is 7.98. The number of methoxy groups -OCH3 is 1. The molecular weight excluding hydrogens is 412 g/mol. The summed E-state index contributed by atoms with van der Waals surface area (Å²) in [6.07, 6.45) is 1.68. The Hall–Kier alpha value is -2.68. The highest BCUT2D eigenvalue weighted by Crippen LogP contribution is 2.23. The molecule has 0 aliphatic rings. The van der Waals surface area contributed by atoms with Crippen LogP contribution in [0.4, 0.5) is 0 Å². The average Bonchev–Trinajstić information content (AvgIpc) is 2.71. The quantitative estimate of drug-likeness (QED) is 0.347. The number of hydrogen-bond donors (Lipinski definition) is 0. The fourth-order valence-corrected chi connectivity index (χ4v) is 4.06. The van der Waals surface area contributed by atoms with Crippen LogP contribution in [0.5, 0.6) is 0 Å². The van der Waals surface area contributed by atoms with Gasteiger partial charge in [-0.25, -0.2) is 9.97 Å². The van der Waals surface area contributed by atoms with Crippen molar-refractivity contribution >= 4 is 39.9 Å². The number of aromatic nitrogens is 4. The molecule has 0 radical (unpaired) electrons. The van der Waals surface area contributed by atoms with Gasteiger partial charge in [-0.3, -0.25) is 18.6 Å². The number of ether oxygens (including phenoxy) is 1. The molecule has 0 amide bonds. The van der Waals surface area contributed by atoms with Gasteiger partial charge >= 0.3 is 0 Å². The second-order valence-electron chi connectivity index (χ2n) is 6.31. The van der Waals surface area contributed by atoms with Crippen molar-refractivity contribution in [2.24, 2.45) is 0 Å². The van der Waals surface area contributed by atoms with Gasteiger partial charge in [0.05, 0.1) is 29.7 Å². The molecule has 0 unspecified atom stereocenters. The minimum atomic E-state index is -0.155. The van der Waals surface area contributed by atoms with E-state index in [1.807, 2.05) is 6.07 Å². The Bertz CT molecular complexity index is 1320. The number of halogens is 1. The van der Waals surface area contributed by atoms with E-state index >= 15 is 0 Å². The van der Waals surface area contributed by atoms with Gasteiger partial charge in [0.2, 0.25) is 0 Å². The molecular formula is C20H17ClN4O3S. The Morgan fingerprint density at radius 1 is 1.14 bits per heavy atom. The Morgan fingerprint density at radius 3 is 2.83 bits per heavy atom. The maximum absolute atomic E-state index is 12.9. The van der Waals surface area contributed by atoms with E-state index in [1.54, 1.807) is 48.2 Å². The van der Waals surface area contributed by atoms with Crippen LogP contribution in [0.25, 0.3) is 16.6 Å². The number of nitrogens with zero attached hydrogens (tertiary/aromatic N) is 4. The lowest BCUT2D eigenvalue weighted by atomic mass is 10.2. The fourth-order valence-electron chi connectivity index (χ4n) is 2.98. The third kappa shape index (κ3) is 4.05. The molecule has 0 aliphatic carbocycles. The zero-order chi connectivity index (χ0) is 20.4. The van der Waals surface area contributed by atoms with Gasteiger partial charge in [0.1, 0.15) is 5.65 Å². The monoisotopic (exact) mass is 428 g/mol. The summed E-state index contributed by atoms with van der Waals surface area (Å²) in [6.45, 7) is 0.751. The number of pyridine rings is 1. The maximum Gasteiger partial charge on any atom is 0.262 e. The Kier molecular flexibility index (Phi) is 5.66. The molecule has 7 nitrogen and oxygen atoms in total. The summed E-state index contributed by atoms with van der Waals surface area (Å²) in [4.78, 5) is 34.4. The molecule has 9 heteroatoms. The van der Waals surface area contributed by atoms with E-state index in [4.69, 9.17) is 16.3 Å². The van der Waals surface area contributed by atoms with Crippen molar-refractivity contribution in [2.75, 3.05) is 13.7 Å². The van der Waals surface area contributed by atoms with E-state index < -0.39 is 0 Å². The third-order valence-electron chi connectivity index (χ3n) is 4.37. The van der Waals surface area contributed by atoms with Crippen molar-refractivity contribution in [1.29, 1.82) is 0 Å². The van der Waals surface area contributed by atoms with Crippen molar-refractivity contribution < 1.29 is 4.74 Å². The Balaban J connectivity index is 1.73. The number of fused-ring (bicyclic) bond motifs is 2. The van der Waals surface area contributed by atoms with Crippen LogP contribution in [0.1, 0.15) is 5.69 Å². The van der Waals surface area contributed by atoms with Crippen molar-refractivity contribution in [3.63, 3.8) is 0 Å². The summed E-state index contributed by atoms with van der Waals surface area (Å²) in [6, 6.07) is 11.9. The average molecular weight is 429 g/mol. The van der Waals surface area contributed by atoms with Crippen molar-refractivity contribution in [3.05, 3.63) is 80.1 Å². The van der Waals surface area contributed by atoms with Crippen LogP contribution in [0.15, 0.2) is 63.4 Å². The first-order chi connectivity index (χ1) is 14.1. The molecule has 4 aromatic rings. The summed E-state index contributed by atoms with van der Waals surface area (Å²) in [5.74, 6) is 0.395. The molecule has 3 heterocycles. The highest BCUT2D eigenvalue weighted by atomic mass is 35.5. The first-order valence-corrected chi connectivity index (χ1v) is 10.2. The molecule has 0 N–H and O–H groups in total. The predicted molar refractivity (Wildman–Crippen MR) is 114 cm³/mol. The predicted octanol–water partition coefficient (Wildman–Crippen LogP) is 3.00. The van der Waals surface area contributed by atoms with Gasteiger partial charge < -0.3 is 4.74 Å². The smallest absolute Gasteiger partial charge is 0.262 e. The van der Waals surface area contributed by atoms with Crippen LogP contribution >= 0.6 is 23.4 Å². The Labute approximate surface area is 174 Å². The SMILES string of the molecule is COCCn1c(SCc2cc(=O)n3ccccc3n2)nc2cc(Cl)ccc2c1=O. The lowest BCUT2D eigenvalue weighted by Gasteiger charge is -2.13. The van der Waals surface area contributed by atoms with Gasteiger partial charge in [-0.05, 0) is 30.3 Å². The van der Waals surface area contributed by atoms with Gasteiger partial charge in [-0.1, -0.05) is 29.4 Å². The van der Waals surface area contributed by atoms with Crippen molar-refractivity contribution in [2.45, 2.75) is 17.5 Å². The standard InChI is InChI=1S/C20H17ClN4O3S/c1-28-9-8-25-19(27)15-6-5-13(21)10-16(15)23-20(25)29-12-14-11-18(26)24-7-3-2-4-17(24)22-14/h2-7,10-11H,8-9,12H2,1H3. The number of benzene rings is 1. The van der Waals surface area contributed by atoms with Gasteiger partial charge in [0, 0.05) is 30.1 Å². The highest BCUT2D eigenvalue weighted by Gasteiger charge is 2.13. The molecule has 0 fully saturated rings. The zero-order valence-corrected chi connectivity index (χ0v) is 17.1. The van der Waals surface area contributed by atoms with E-state index in [0.717, 1.165) is 0 Å². The second-order valence-corrected chi connectivity index (χ2v) is 7.69. The second kappa shape index (κ2) is 8.36. The largest absolute Gasteiger partial charge is 0.383 e. The minimum absolute atomic E-state index is 0.152. The zero-order valence-electron chi connectivity index (χ0n) is 15.5. The summed E-state index contributed by atoms with van der Waals surface area (Å²) < 4.78 is 8.21. The molecule has 0 saturated heterocycles. The molecule has 0 atom stereocenters. The molecule has 0 spiro atoms. The van der Waals surface area contributed by atoms with Crippen molar-refractivity contribution in [1.82, 2.24) is 18.9 Å². The van der Waals surface area contributed by atoms with Crippen LogP contribution in [-0.2, 0) is 17.0 Å². The van der Waals surface area contributed by atoms with Gasteiger partial charge in [-0.2, -0.15) is 0 Å². The van der Waals surface area contributed by atoms with E-state index in [9.17, 15) is 9.59 Å². The summed E-state index contributed by atoms with van der Waals surface area (Å²) in [7, 11) is 1.58. The van der Waals surface area contributed by atoms with Crippen LogP contribution in [0.2, 0.25) is 5.02 Å². The third-order valence-corrected chi connectivity index (χ3v) is 5.62. The van der Waals surface area contributed by atoms with Gasteiger partial charge in [0.15, 0.2) is 5.16 Å². The number of hydrogen-bond acceptors (Lipinski definition) is 6. The molecule has 0 bridgehead atoms. The van der Waals surface area contributed by atoms with E-state index in [1.165, 1.54) is 22.2 Å². The molecule has 1 aromatic carbocycles. The first-order valence-electron chi connectivity index (χ1n) is 8.86. The summed E-state index contributed by atoms with van der Waals surface area (Å²) in [5, 5.41) is 1.54. The van der Waals surface area contributed by atoms with Gasteiger partial charge in [0.25, 0.3) is 11.1 Å². The van der Waals surface area contributed by atoms with Gasteiger partial charge in [-0.15, -0.1) is 0 Å². The molecule has 29 heavy (non-hydrogen) atoms. The van der Waals surface area contributed by atoms with Crippen LogP contribution in [0.3, 0.4) is 0 Å². The normalized spacial score (nSPS) is 11.4. The minimum Gasteiger partial charge on any atom is -0.383 e. The van der Waals surface area contributed by atoms with Crippen LogP contribution in [0, 0.1) is 0 Å². The van der Waals surface area contributed by atoms with Crippen molar-refractivity contribution in [3.8, 4) is 0 Å². The topological polar surface area (TPSA) is 78.5 Å². The molecule has 148 valence electrons. The number of rotatable bonds is 6. The molecule has 4 rings (SSSR count). The Morgan fingerprint density at radius 2 is 2.00 bits per heavy atom. The number of thioether (sulfide) groups is 1. The summed E-state index contributed by atoms with van der Waals surface area (Å²) >= 11 is 7.42. The fraction of sp³-hybridized carbons (Fsp3) is 0.200. The lowest BCUT2D eigenvalue weighted by molar-refractivity contribution is 0.183. The van der Waals surface area contributed by atoms with E-state index in [2.05, 4.69) is 9.97 Å². The van der Waals surface area contributed by atoms with E-state index in [0.29, 0.717) is 51.3 Å².